The molecule has 1 aliphatic heterocycles. The molecule has 1 amide bonds. The summed E-state index contributed by atoms with van der Waals surface area (Å²) in [5.41, 5.74) is 1.24. The van der Waals surface area contributed by atoms with E-state index in [1.165, 1.54) is 26.2 Å². The van der Waals surface area contributed by atoms with E-state index in [1.807, 2.05) is 12.1 Å². The second-order valence-corrected chi connectivity index (χ2v) is 10.9. The van der Waals surface area contributed by atoms with Crippen LogP contribution in [-0.2, 0) is 10.0 Å². The second kappa shape index (κ2) is 9.16. The first-order valence-electron chi connectivity index (χ1n) is 10.3. The molecule has 3 aromatic rings. The SMILES string of the molecule is COc1ccc2sc(N3CCN(C(=O)c4ccc(S(=O)(=O)N(C)C)cc4)CC3)nc2c1OC. The Bertz CT molecular complexity index is 1260. The smallest absolute Gasteiger partial charge is 0.253 e. The number of fused-ring (bicyclic) bond motifs is 1. The van der Waals surface area contributed by atoms with E-state index >= 15 is 0 Å². The number of hydrogen-bond donors (Lipinski definition) is 0. The summed E-state index contributed by atoms with van der Waals surface area (Å²) in [7, 11) is 2.63. The van der Waals surface area contributed by atoms with Gasteiger partial charge >= 0.3 is 0 Å². The lowest BCUT2D eigenvalue weighted by molar-refractivity contribution is 0.0746. The van der Waals surface area contributed by atoms with Crippen molar-refractivity contribution < 1.29 is 22.7 Å². The summed E-state index contributed by atoms with van der Waals surface area (Å²) in [6.07, 6.45) is 0. The van der Waals surface area contributed by atoms with Crippen molar-refractivity contribution >= 4 is 42.6 Å². The number of sulfonamides is 1. The van der Waals surface area contributed by atoms with Crippen LogP contribution in [0.2, 0.25) is 0 Å². The molecule has 1 fully saturated rings. The van der Waals surface area contributed by atoms with Crippen LogP contribution in [0.25, 0.3) is 10.2 Å². The van der Waals surface area contributed by atoms with Crippen molar-refractivity contribution in [1.82, 2.24) is 14.2 Å². The number of nitrogens with zero attached hydrogens (tertiary/aromatic N) is 4. The van der Waals surface area contributed by atoms with Crippen molar-refractivity contribution in [3.63, 3.8) is 0 Å². The summed E-state index contributed by atoms with van der Waals surface area (Å²) in [6.45, 7) is 2.40. The molecule has 0 bridgehead atoms. The molecular weight excluding hydrogens is 464 g/mol. The molecular formula is C22H26N4O5S2. The number of rotatable bonds is 6. The number of thiazole rings is 1. The Labute approximate surface area is 197 Å². The van der Waals surface area contributed by atoms with Gasteiger partial charge in [-0.1, -0.05) is 11.3 Å². The van der Waals surface area contributed by atoms with Gasteiger partial charge in [0.2, 0.25) is 10.0 Å². The van der Waals surface area contributed by atoms with E-state index < -0.39 is 10.0 Å². The first-order chi connectivity index (χ1) is 15.8. The van der Waals surface area contributed by atoms with Gasteiger partial charge in [-0.15, -0.1) is 0 Å². The summed E-state index contributed by atoms with van der Waals surface area (Å²) in [5.74, 6) is 1.15. The van der Waals surface area contributed by atoms with Crippen molar-refractivity contribution in [3.05, 3.63) is 42.0 Å². The van der Waals surface area contributed by atoms with E-state index in [9.17, 15) is 13.2 Å². The highest BCUT2D eigenvalue weighted by Gasteiger charge is 2.25. The highest BCUT2D eigenvalue weighted by atomic mass is 32.2. The Kier molecular flexibility index (Phi) is 6.46. The number of amides is 1. The first-order valence-corrected chi connectivity index (χ1v) is 12.6. The molecule has 4 rings (SSSR count). The first kappa shape index (κ1) is 23.3. The van der Waals surface area contributed by atoms with Gasteiger partial charge in [0.1, 0.15) is 5.52 Å². The molecule has 0 atom stereocenters. The third-order valence-electron chi connectivity index (χ3n) is 5.61. The largest absolute Gasteiger partial charge is 0.493 e. The molecule has 2 aromatic carbocycles. The van der Waals surface area contributed by atoms with Crippen LogP contribution in [0.15, 0.2) is 41.3 Å². The predicted molar refractivity (Wildman–Crippen MR) is 128 cm³/mol. The molecule has 176 valence electrons. The van der Waals surface area contributed by atoms with Gasteiger partial charge in [-0.2, -0.15) is 0 Å². The zero-order chi connectivity index (χ0) is 23.8. The normalized spacial score (nSPS) is 14.7. The van der Waals surface area contributed by atoms with Gasteiger partial charge in [-0.25, -0.2) is 17.7 Å². The lowest BCUT2D eigenvalue weighted by atomic mass is 10.2. The Morgan fingerprint density at radius 3 is 2.24 bits per heavy atom. The van der Waals surface area contributed by atoms with Gasteiger partial charge in [0, 0.05) is 45.8 Å². The van der Waals surface area contributed by atoms with E-state index in [2.05, 4.69) is 4.90 Å². The number of ether oxygens (including phenoxy) is 2. The number of carbonyl (C=O) groups is 1. The lowest BCUT2D eigenvalue weighted by Crippen LogP contribution is -2.48. The number of hydrogen-bond acceptors (Lipinski definition) is 8. The molecule has 11 heteroatoms. The molecule has 1 aromatic heterocycles. The maximum absolute atomic E-state index is 12.9. The molecule has 1 saturated heterocycles. The Hall–Kier alpha value is -2.89. The predicted octanol–water partition coefficient (Wildman–Crippen LogP) is 2.53. The van der Waals surface area contributed by atoms with Crippen molar-refractivity contribution in [2.75, 3.05) is 59.4 Å². The second-order valence-electron chi connectivity index (χ2n) is 7.74. The highest BCUT2D eigenvalue weighted by Crippen LogP contribution is 2.40. The Morgan fingerprint density at radius 1 is 1.00 bits per heavy atom. The number of benzene rings is 2. The highest BCUT2D eigenvalue weighted by molar-refractivity contribution is 7.89. The van der Waals surface area contributed by atoms with Crippen LogP contribution in [0.3, 0.4) is 0 Å². The van der Waals surface area contributed by atoms with Crippen LogP contribution in [0.1, 0.15) is 10.4 Å². The zero-order valence-electron chi connectivity index (χ0n) is 18.9. The zero-order valence-corrected chi connectivity index (χ0v) is 20.6. The van der Waals surface area contributed by atoms with Crippen LogP contribution in [0, 0.1) is 0 Å². The molecule has 0 saturated carbocycles. The van der Waals surface area contributed by atoms with Crippen LogP contribution in [0.5, 0.6) is 11.5 Å². The van der Waals surface area contributed by atoms with Crippen molar-refractivity contribution in [2.45, 2.75) is 4.90 Å². The number of piperazine rings is 1. The molecule has 0 N–H and O–H groups in total. The fourth-order valence-corrected chi connectivity index (χ4v) is 5.61. The summed E-state index contributed by atoms with van der Waals surface area (Å²) >= 11 is 1.58. The maximum atomic E-state index is 12.9. The third-order valence-corrected chi connectivity index (χ3v) is 8.52. The van der Waals surface area contributed by atoms with E-state index in [4.69, 9.17) is 14.5 Å². The topological polar surface area (TPSA) is 92.3 Å². The fraction of sp³-hybridized carbons (Fsp3) is 0.364. The molecule has 0 radical (unpaired) electrons. The van der Waals surface area contributed by atoms with Crippen LogP contribution >= 0.6 is 11.3 Å². The van der Waals surface area contributed by atoms with Crippen molar-refractivity contribution in [3.8, 4) is 11.5 Å². The number of methoxy groups -OCH3 is 2. The van der Waals surface area contributed by atoms with Crippen molar-refractivity contribution in [2.24, 2.45) is 0 Å². The third kappa shape index (κ3) is 4.35. The molecule has 9 nitrogen and oxygen atoms in total. The minimum atomic E-state index is -3.52. The maximum Gasteiger partial charge on any atom is 0.253 e. The van der Waals surface area contributed by atoms with E-state index in [0.29, 0.717) is 43.2 Å². The van der Waals surface area contributed by atoms with E-state index in [-0.39, 0.29) is 10.8 Å². The van der Waals surface area contributed by atoms with Crippen LogP contribution < -0.4 is 14.4 Å². The standard InChI is InChI=1S/C22H26N4O5S2/c1-24(2)33(28,29)16-7-5-15(6-8-16)21(27)25-11-13-26(14-12-25)22-23-19-18(32-22)10-9-17(30-3)20(19)31-4/h5-10H,11-14H2,1-4H3. The minimum Gasteiger partial charge on any atom is -0.493 e. The van der Waals surface area contributed by atoms with Gasteiger partial charge in [0.15, 0.2) is 16.6 Å². The van der Waals surface area contributed by atoms with Gasteiger partial charge in [-0.05, 0) is 36.4 Å². The van der Waals surface area contributed by atoms with Gasteiger partial charge in [-0.3, -0.25) is 4.79 Å². The molecule has 0 aliphatic carbocycles. The molecule has 0 spiro atoms. The molecule has 33 heavy (non-hydrogen) atoms. The van der Waals surface area contributed by atoms with Crippen LogP contribution in [0.4, 0.5) is 5.13 Å². The Morgan fingerprint density at radius 2 is 1.67 bits per heavy atom. The summed E-state index contributed by atoms with van der Waals surface area (Å²) in [6, 6.07) is 9.92. The molecule has 1 aliphatic rings. The van der Waals surface area contributed by atoms with Crippen LogP contribution in [-0.4, -0.2) is 83.0 Å². The number of aromatic nitrogens is 1. The minimum absolute atomic E-state index is 0.112. The lowest BCUT2D eigenvalue weighted by Gasteiger charge is -2.34. The quantitative estimate of drug-likeness (QED) is 0.524. The molecule has 0 unspecified atom stereocenters. The van der Waals surface area contributed by atoms with Gasteiger partial charge in [0.25, 0.3) is 5.91 Å². The van der Waals surface area contributed by atoms with E-state index in [1.54, 1.807) is 42.6 Å². The monoisotopic (exact) mass is 490 g/mol. The summed E-state index contributed by atoms with van der Waals surface area (Å²) in [4.78, 5) is 21.8. The van der Waals surface area contributed by atoms with Crippen molar-refractivity contribution in [1.29, 1.82) is 0 Å². The Balaban J connectivity index is 1.45. The van der Waals surface area contributed by atoms with Gasteiger partial charge in [0.05, 0.1) is 23.8 Å². The van der Waals surface area contributed by atoms with Gasteiger partial charge < -0.3 is 19.3 Å². The fourth-order valence-electron chi connectivity index (χ4n) is 3.70. The summed E-state index contributed by atoms with van der Waals surface area (Å²) in [5, 5.41) is 0.877. The molecule has 2 heterocycles. The summed E-state index contributed by atoms with van der Waals surface area (Å²) < 4.78 is 37.5. The average Bonchev–Trinajstić information content (AvgIpc) is 3.27. The van der Waals surface area contributed by atoms with E-state index in [0.717, 1.165) is 19.7 Å². The number of carbonyl (C=O) groups excluding carboxylic acids is 1. The number of anilines is 1. The average molecular weight is 491 g/mol.